The minimum Gasteiger partial charge on any atom is -0.497 e. The first kappa shape index (κ1) is 15.5. The molecule has 0 radical (unpaired) electrons. The summed E-state index contributed by atoms with van der Waals surface area (Å²) in [5.41, 5.74) is 1.13. The summed E-state index contributed by atoms with van der Waals surface area (Å²) in [7, 11) is 3.34. The van der Waals surface area contributed by atoms with Crippen molar-refractivity contribution in [3.05, 3.63) is 42.0 Å². The van der Waals surface area contributed by atoms with Crippen LogP contribution in [0.15, 0.2) is 30.6 Å². The Labute approximate surface area is 133 Å². The van der Waals surface area contributed by atoms with Gasteiger partial charge < -0.3 is 15.4 Å². The number of hydrogen-bond acceptors (Lipinski definition) is 4. The Bertz CT molecular complexity index is 716. The third-order valence-electron chi connectivity index (χ3n) is 4.14. The molecule has 3 rings (SSSR count). The van der Waals surface area contributed by atoms with Crippen LogP contribution in [0.2, 0.25) is 0 Å². The van der Waals surface area contributed by atoms with E-state index in [9.17, 15) is 9.18 Å². The number of methoxy groups -OCH3 is 1. The van der Waals surface area contributed by atoms with Gasteiger partial charge in [-0.1, -0.05) is 0 Å². The molecular formula is C16H19FN4O2. The van der Waals surface area contributed by atoms with Crippen LogP contribution in [0.5, 0.6) is 5.75 Å². The minimum atomic E-state index is -0.483. The second-order valence-corrected chi connectivity index (χ2v) is 5.65. The molecule has 1 aliphatic heterocycles. The van der Waals surface area contributed by atoms with Gasteiger partial charge in [0.25, 0.3) is 0 Å². The van der Waals surface area contributed by atoms with Crippen LogP contribution < -0.4 is 15.4 Å². The van der Waals surface area contributed by atoms with E-state index in [-0.39, 0.29) is 23.4 Å². The van der Waals surface area contributed by atoms with Gasteiger partial charge in [0, 0.05) is 38.3 Å². The highest BCUT2D eigenvalue weighted by Gasteiger charge is 2.35. The molecule has 122 valence electrons. The predicted molar refractivity (Wildman–Crippen MR) is 83.9 cm³/mol. The van der Waals surface area contributed by atoms with E-state index < -0.39 is 5.82 Å². The lowest BCUT2D eigenvalue weighted by Gasteiger charge is -2.17. The van der Waals surface area contributed by atoms with E-state index in [4.69, 9.17) is 4.74 Å². The number of anilines is 1. The molecule has 1 saturated heterocycles. The summed E-state index contributed by atoms with van der Waals surface area (Å²) in [5.74, 6) is -0.448. The average molecular weight is 318 g/mol. The highest BCUT2D eigenvalue weighted by molar-refractivity contribution is 5.94. The molecule has 0 bridgehead atoms. The van der Waals surface area contributed by atoms with Gasteiger partial charge in [0.05, 0.1) is 24.9 Å². The van der Waals surface area contributed by atoms with Crippen molar-refractivity contribution in [1.82, 2.24) is 15.1 Å². The van der Waals surface area contributed by atoms with Gasteiger partial charge in [0.15, 0.2) is 0 Å². The number of halogens is 1. The Morgan fingerprint density at radius 1 is 1.48 bits per heavy atom. The minimum absolute atomic E-state index is 0.0253. The van der Waals surface area contributed by atoms with Crippen molar-refractivity contribution in [3.63, 3.8) is 0 Å². The second kappa shape index (κ2) is 6.37. The zero-order valence-corrected chi connectivity index (χ0v) is 13.0. The Morgan fingerprint density at radius 3 is 3.00 bits per heavy atom. The summed E-state index contributed by atoms with van der Waals surface area (Å²) in [6.07, 6.45) is 3.67. The van der Waals surface area contributed by atoms with Crippen molar-refractivity contribution in [2.45, 2.75) is 5.92 Å². The maximum atomic E-state index is 13.9. The molecule has 2 N–H and O–H groups in total. The van der Waals surface area contributed by atoms with Crippen LogP contribution in [0.4, 0.5) is 10.1 Å². The zero-order valence-electron chi connectivity index (χ0n) is 13.0. The largest absolute Gasteiger partial charge is 0.497 e. The summed E-state index contributed by atoms with van der Waals surface area (Å²) in [6, 6.07) is 4.27. The van der Waals surface area contributed by atoms with E-state index in [0.29, 0.717) is 18.8 Å². The smallest absolute Gasteiger partial charge is 0.229 e. The monoisotopic (exact) mass is 318 g/mol. The summed E-state index contributed by atoms with van der Waals surface area (Å²) in [5, 5.41) is 10.0. The van der Waals surface area contributed by atoms with E-state index in [1.807, 2.05) is 13.2 Å². The van der Waals surface area contributed by atoms with Gasteiger partial charge >= 0.3 is 0 Å². The van der Waals surface area contributed by atoms with Crippen molar-refractivity contribution >= 4 is 11.6 Å². The van der Waals surface area contributed by atoms with Crippen LogP contribution in [0, 0.1) is 11.7 Å². The van der Waals surface area contributed by atoms with Gasteiger partial charge in [-0.3, -0.25) is 9.48 Å². The Morgan fingerprint density at radius 2 is 2.30 bits per heavy atom. The maximum absolute atomic E-state index is 13.9. The van der Waals surface area contributed by atoms with Gasteiger partial charge in [-0.05, 0) is 17.7 Å². The first-order chi connectivity index (χ1) is 11.1. The Hall–Kier alpha value is -2.41. The molecule has 1 aromatic carbocycles. The quantitative estimate of drug-likeness (QED) is 0.897. The second-order valence-electron chi connectivity index (χ2n) is 5.65. The fourth-order valence-electron chi connectivity index (χ4n) is 2.89. The number of carbonyl (C=O) groups is 1. The SMILES string of the molecule is COc1ccc(F)c(NC(=O)[C@H]2CNC[C@@H]2c2cnn(C)c2)c1. The van der Waals surface area contributed by atoms with Crippen LogP contribution in [-0.2, 0) is 11.8 Å². The number of ether oxygens (including phenoxy) is 1. The highest BCUT2D eigenvalue weighted by Crippen LogP contribution is 2.29. The molecule has 1 aliphatic rings. The number of rotatable bonds is 4. The molecular weight excluding hydrogens is 299 g/mol. The molecule has 6 nitrogen and oxygen atoms in total. The van der Waals surface area contributed by atoms with Crippen LogP contribution in [0.25, 0.3) is 0 Å². The van der Waals surface area contributed by atoms with Crippen molar-refractivity contribution in [1.29, 1.82) is 0 Å². The van der Waals surface area contributed by atoms with Crippen molar-refractivity contribution in [2.24, 2.45) is 13.0 Å². The third kappa shape index (κ3) is 3.19. The van der Waals surface area contributed by atoms with Crippen molar-refractivity contribution in [2.75, 3.05) is 25.5 Å². The summed E-state index contributed by atoms with van der Waals surface area (Å²) in [4.78, 5) is 12.6. The van der Waals surface area contributed by atoms with Crippen LogP contribution in [0.3, 0.4) is 0 Å². The number of nitrogens with zero attached hydrogens (tertiary/aromatic N) is 2. The molecule has 7 heteroatoms. The molecule has 0 spiro atoms. The highest BCUT2D eigenvalue weighted by atomic mass is 19.1. The molecule has 2 atom stereocenters. The van der Waals surface area contributed by atoms with E-state index in [1.165, 1.54) is 25.3 Å². The van der Waals surface area contributed by atoms with Gasteiger partial charge in [0.1, 0.15) is 11.6 Å². The fraction of sp³-hybridized carbons (Fsp3) is 0.375. The molecule has 23 heavy (non-hydrogen) atoms. The molecule has 1 amide bonds. The van der Waals surface area contributed by atoms with Crippen LogP contribution in [-0.4, -0.2) is 35.9 Å². The normalized spacial score (nSPS) is 20.5. The van der Waals surface area contributed by atoms with E-state index in [2.05, 4.69) is 15.7 Å². The topological polar surface area (TPSA) is 68.2 Å². The predicted octanol–water partition coefficient (Wildman–Crippen LogP) is 1.51. The van der Waals surface area contributed by atoms with Gasteiger partial charge in [-0.25, -0.2) is 4.39 Å². The third-order valence-corrected chi connectivity index (χ3v) is 4.14. The van der Waals surface area contributed by atoms with E-state index in [0.717, 1.165) is 5.56 Å². The number of aromatic nitrogens is 2. The van der Waals surface area contributed by atoms with Gasteiger partial charge in [-0.2, -0.15) is 5.10 Å². The molecule has 0 aliphatic carbocycles. The first-order valence-corrected chi connectivity index (χ1v) is 7.42. The number of carbonyl (C=O) groups excluding carboxylic acids is 1. The zero-order chi connectivity index (χ0) is 16.4. The molecule has 1 aromatic heterocycles. The van der Waals surface area contributed by atoms with Crippen LogP contribution in [0.1, 0.15) is 11.5 Å². The van der Waals surface area contributed by atoms with Gasteiger partial charge in [-0.15, -0.1) is 0 Å². The van der Waals surface area contributed by atoms with Crippen molar-refractivity contribution in [3.8, 4) is 5.75 Å². The molecule has 0 saturated carbocycles. The lowest BCUT2D eigenvalue weighted by molar-refractivity contribution is -0.119. The number of hydrogen-bond donors (Lipinski definition) is 2. The van der Waals surface area contributed by atoms with Crippen molar-refractivity contribution < 1.29 is 13.9 Å². The average Bonchev–Trinajstić information content (AvgIpc) is 3.17. The molecule has 0 unspecified atom stereocenters. The molecule has 2 heterocycles. The number of nitrogens with one attached hydrogen (secondary N) is 2. The standard InChI is InChI=1S/C16H19FN4O2/c1-21-9-10(6-19-21)12-7-18-8-13(12)16(22)20-15-5-11(23-2)3-4-14(15)17/h3-6,9,12-13,18H,7-8H2,1-2H3,(H,20,22)/t12-,13+/m1/s1. The van der Waals surface area contributed by atoms with Gasteiger partial charge in [0.2, 0.25) is 5.91 Å². The summed E-state index contributed by atoms with van der Waals surface area (Å²) < 4.78 is 20.7. The first-order valence-electron chi connectivity index (χ1n) is 7.42. The maximum Gasteiger partial charge on any atom is 0.229 e. The summed E-state index contributed by atoms with van der Waals surface area (Å²) >= 11 is 0. The number of aryl methyl sites for hydroxylation is 1. The number of benzene rings is 1. The Balaban J connectivity index is 1.77. The number of amides is 1. The lowest BCUT2D eigenvalue weighted by Crippen LogP contribution is -2.28. The molecule has 2 aromatic rings. The fourth-order valence-corrected chi connectivity index (χ4v) is 2.89. The van der Waals surface area contributed by atoms with E-state index >= 15 is 0 Å². The van der Waals surface area contributed by atoms with Crippen LogP contribution >= 0.6 is 0 Å². The summed E-state index contributed by atoms with van der Waals surface area (Å²) in [6.45, 7) is 1.25. The lowest BCUT2D eigenvalue weighted by atomic mass is 9.90. The van der Waals surface area contributed by atoms with E-state index in [1.54, 1.807) is 10.9 Å². The Kier molecular flexibility index (Phi) is 4.29. The molecule has 1 fully saturated rings.